The van der Waals surface area contributed by atoms with E-state index in [1.807, 2.05) is 32.0 Å². The van der Waals surface area contributed by atoms with Gasteiger partial charge in [0, 0.05) is 29.1 Å². The van der Waals surface area contributed by atoms with Gasteiger partial charge in [-0.25, -0.2) is 4.98 Å². The minimum atomic E-state index is -0.468. The minimum absolute atomic E-state index is 0.0462. The Morgan fingerprint density at radius 2 is 1.89 bits per heavy atom. The summed E-state index contributed by atoms with van der Waals surface area (Å²) in [5.74, 6) is 0.107. The smallest absolute Gasteiger partial charge is 0.283 e. The fourth-order valence-electron chi connectivity index (χ4n) is 4.01. The highest BCUT2D eigenvalue weighted by Gasteiger charge is 2.25. The Balaban J connectivity index is 1.55. The number of fused-ring (bicyclic) bond motifs is 2. The van der Waals surface area contributed by atoms with Crippen LogP contribution < -0.4 is 10.9 Å². The number of thiophene rings is 1. The van der Waals surface area contributed by atoms with E-state index in [2.05, 4.69) is 15.4 Å². The van der Waals surface area contributed by atoms with E-state index in [-0.39, 0.29) is 17.2 Å². The van der Waals surface area contributed by atoms with Crippen molar-refractivity contribution in [1.29, 1.82) is 0 Å². The summed E-state index contributed by atoms with van der Waals surface area (Å²) in [5.41, 5.74) is 3.99. The van der Waals surface area contributed by atoms with Crippen LogP contribution in [0.2, 0.25) is 0 Å². The van der Waals surface area contributed by atoms with Gasteiger partial charge in [-0.2, -0.15) is 9.78 Å². The molecule has 0 aliphatic carbocycles. The molecule has 11 heteroatoms. The normalized spacial score (nSPS) is 12.8. The Kier molecular flexibility index (Phi) is 5.73. The predicted molar refractivity (Wildman–Crippen MR) is 138 cm³/mol. The van der Waals surface area contributed by atoms with Crippen LogP contribution in [-0.4, -0.2) is 32.0 Å². The van der Waals surface area contributed by atoms with Gasteiger partial charge in [0.15, 0.2) is 5.16 Å². The quantitative estimate of drug-likeness (QED) is 0.239. The summed E-state index contributed by atoms with van der Waals surface area (Å²) < 4.78 is 1.22. The lowest BCUT2D eigenvalue weighted by Gasteiger charge is -2.15. The van der Waals surface area contributed by atoms with Gasteiger partial charge in [-0.1, -0.05) is 30.0 Å². The fraction of sp³-hybridized carbons (Fsp3) is 0.167. The van der Waals surface area contributed by atoms with Gasteiger partial charge in [-0.15, -0.1) is 11.3 Å². The van der Waals surface area contributed by atoms with Crippen molar-refractivity contribution < 1.29 is 9.72 Å². The second-order valence-electron chi connectivity index (χ2n) is 8.22. The number of aromatic nitrogens is 2. The average molecular weight is 506 g/mol. The topological polar surface area (TPSA) is 119 Å². The summed E-state index contributed by atoms with van der Waals surface area (Å²) in [5, 5.41) is 19.3. The first-order chi connectivity index (χ1) is 16.7. The Morgan fingerprint density at radius 1 is 1.14 bits per heavy atom. The molecule has 3 heterocycles. The highest BCUT2D eigenvalue weighted by molar-refractivity contribution is 7.99. The van der Waals surface area contributed by atoms with Crippen LogP contribution in [0.15, 0.2) is 57.5 Å². The zero-order chi connectivity index (χ0) is 24.9. The van der Waals surface area contributed by atoms with E-state index in [1.54, 1.807) is 19.1 Å². The van der Waals surface area contributed by atoms with Crippen LogP contribution in [0.1, 0.15) is 31.9 Å². The van der Waals surface area contributed by atoms with Gasteiger partial charge in [-0.3, -0.25) is 19.7 Å². The summed E-state index contributed by atoms with van der Waals surface area (Å²) in [7, 11) is 0. The number of hydrogen-bond donors (Lipinski definition) is 1. The number of nitro groups is 1. The zero-order valence-corrected chi connectivity index (χ0v) is 20.6. The largest absolute Gasteiger partial charge is 0.321 e. The maximum Gasteiger partial charge on any atom is 0.283 e. The number of anilines is 1. The summed E-state index contributed by atoms with van der Waals surface area (Å²) in [6, 6.07) is 12.0. The number of carbonyl (C=O) groups excluding carboxylic acids is 1. The van der Waals surface area contributed by atoms with Crippen molar-refractivity contribution in [2.45, 2.75) is 25.9 Å². The highest BCUT2D eigenvalue weighted by Crippen LogP contribution is 2.31. The third kappa shape index (κ3) is 4.24. The molecule has 0 saturated heterocycles. The number of amides is 1. The molecule has 0 saturated carbocycles. The summed E-state index contributed by atoms with van der Waals surface area (Å²) in [6.07, 6.45) is 0. The molecule has 2 aromatic carbocycles. The van der Waals surface area contributed by atoms with Crippen molar-refractivity contribution in [3.8, 4) is 0 Å². The third-order valence-corrected chi connectivity index (χ3v) is 7.67. The van der Waals surface area contributed by atoms with Gasteiger partial charge in [-0.05, 0) is 49.6 Å². The number of thioether (sulfide) groups is 1. The SMILES string of the molecule is Cc1cc(C)cc(NC(=O)c2sc3nc4n(c(=O)c3c2C)N=C(c2cccc([N+](=O)[O-])c2)CS4)c1. The molecule has 0 atom stereocenters. The van der Waals surface area contributed by atoms with E-state index in [0.29, 0.717) is 48.5 Å². The molecular formula is C24H19N5O4S2. The van der Waals surface area contributed by atoms with Crippen molar-refractivity contribution in [3.63, 3.8) is 0 Å². The van der Waals surface area contributed by atoms with Gasteiger partial charge in [0.05, 0.1) is 20.9 Å². The molecule has 0 fully saturated rings. The summed E-state index contributed by atoms with van der Waals surface area (Å²) >= 11 is 2.50. The van der Waals surface area contributed by atoms with Gasteiger partial charge in [0.25, 0.3) is 17.2 Å². The molecule has 0 radical (unpaired) electrons. The van der Waals surface area contributed by atoms with Crippen molar-refractivity contribution in [2.75, 3.05) is 11.1 Å². The van der Waals surface area contributed by atoms with Crippen molar-refractivity contribution in [3.05, 3.63) is 90.1 Å². The predicted octanol–water partition coefficient (Wildman–Crippen LogP) is 4.90. The maximum atomic E-state index is 13.4. The number of aryl methyl sites for hydroxylation is 3. The molecule has 2 aromatic heterocycles. The molecule has 9 nitrogen and oxygen atoms in total. The molecule has 0 spiro atoms. The fourth-order valence-corrected chi connectivity index (χ4v) is 6.03. The van der Waals surface area contributed by atoms with Crippen LogP contribution in [-0.2, 0) is 0 Å². The molecule has 5 rings (SSSR count). The summed E-state index contributed by atoms with van der Waals surface area (Å²) in [6.45, 7) is 5.65. The lowest BCUT2D eigenvalue weighted by atomic mass is 10.1. The van der Waals surface area contributed by atoms with Crippen LogP contribution in [0.3, 0.4) is 0 Å². The standard InChI is InChI=1S/C24H19N5O4S2/c1-12-7-13(2)9-16(8-12)25-21(30)20-14(3)19-22(35-20)26-24-28(23(19)31)27-18(11-34-24)15-5-4-6-17(10-15)29(32)33/h4-10H,11H2,1-3H3,(H,25,30). The second kappa shape index (κ2) is 8.75. The Bertz CT molecular complexity index is 1620. The van der Waals surface area contributed by atoms with Gasteiger partial charge in [0.2, 0.25) is 0 Å². The summed E-state index contributed by atoms with van der Waals surface area (Å²) in [4.78, 5) is 42.6. The van der Waals surface area contributed by atoms with E-state index in [0.717, 1.165) is 11.1 Å². The number of hydrogen-bond acceptors (Lipinski definition) is 8. The number of non-ortho nitro benzene ring substituents is 1. The Hall–Kier alpha value is -3.83. The molecule has 4 aromatic rings. The zero-order valence-electron chi connectivity index (χ0n) is 19.0. The number of carbonyl (C=O) groups is 1. The first kappa shape index (κ1) is 22.9. The van der Waals surface area contributed by atoms with Gasteiger partial charge >= 0.3 is 0 Å². The third-order valence-electron chi connectivity index (χ3n) is 5.55. The maximum absolute atomic E-state index is 13.4. The molecule has 1 amide bonds. The monoisotopic (exact) mass is 505 g/mol. The lowest BCUT2D eigenvalue weighted by Crippen LogP contribution is -2.25. The number of benzene rings is 2. The first-order valence-corrected chi connectivity index (χ1v) is 12.4. The minimum Gasteiger partial charge on any atom is -0.321 e. The molecule has 1 N–H and O–H groups in total. The molecule has 0 unspecified atom stereocenters. The van der Waals surface area contributed by atoms with Crippen LogP contribution in [0.25, 0.3) is 10.2 Å². The van der Waals surface area contributed by atoms with E-state index in [9.17, 15) is 19.7 Å². The number of rotatable bonds is 4. The Morgan fingerprint density at radius 3 is 2.60 bits per heavy atom. The Labute approximate surface area is 207 Å². The molecule has 176 valence electrons. The number of nitrogens with one attached hydrogen (secondary N) is 1. The highest BCUT2D eigenvalue weighted by atomic mass is 32.2. The second-order valence-corrected chi connectivity index (χ2v) is 10.2. The molecular weight excluding hydrogens is 486 g/mol. The van der Waals surface area contributed by atoms with Crippen LogP contribution >= 0.6 is 23.1 Å². The lowest BCUT2D eigenvalue weighted by molar-refractivity contribution is -0.384. The van der Waals surface area contributed by atoms with Crippen LogP contribution in [0.5, 0.6) is 0 Å². The molecule has 35 heavy (non-hydrogen) atoms. The first-order valence-electron chi connectivity index (χ1n) is 10.6. The van der Waals surface area contributed by atoms with E-state index < -0.39 is 4.92 Å². The van der Waals surface area contributed by atoms with Gasteiger partial charge in [0.1, 0.15) is 4.83 Å². The van der Waals surface area contributed by atoms with Crippen molar-refractivity contribution in [1.82, 2.24) is 9.66 Å². The molecule has 1 aliphatic rings. The van der Waals surface area contributed by atoms with E-state index in [1.165, 1.54) is 39.9 Å². The van der Waals surface area contributed by atoms with E-state index >= 15 is 0 Å². The number of nitro benzene ring substituents is 1. The molecule has 0 bridgehead atoms. The van der Waals surface area contributed by atoms with Crippen molar-refractivity contribution in [2.24, 2.45) is 5.10 Å². The number of nitrogens with zero attached hydrogens (tertiary/aromatic N) is 4. The van der Waals surface area contributed by atoms with Gasteiger partial charge < -0.3 is 5.32 Å². The van der Waals surface area contributed by atoms with E-state index in [4.69, 9.17) is 0 Å². The average Bonchev–Trinajstić information content (AvgIpc) is 3.15. The van der Waals surface area contributed by atoms with Crippen molar-refractivity contribution >= 4 is 56.3 Å². The molecule has 1 aliphatic heterocycles. The van der Waals surface area contributed by atoms with Crippen LogP contribution in [0, 0.1) is 30.9 Å². The van der Waals surface area contributed by atoms with Crippen LogP contribution in [0.4, 0.5) is 11.4 Å².